The second-order valence-electron chi connectivity index (χ2n) is 7.94. The molecule has 7 heteroatoms. The molecule has 6 nitrogen and oxygen atoms in total. The van der Waals surface area contributed by atoms with Crippen LogP contribution in [0.1, 0.15) is 11.1 Å². The van der Waals surface area contributed by atoms with Crippen molar-refractivity contribution in [3.8, 4) is 17.0 Å². The molecule has 3 aromatic rings. The van der Waals surface area contributed by atoms with Crippen molar-refractivity contribution in [3.05, 3.63) is 83.8 Å². The number of aromatic nitrogens is 1. The fourth-order valence-electron chi connectivity index (χ4n) is 3.65. The molecule has 1 aliphatic heterocycles. The van der Waals surface area contributed by atoms with Gasteiger partial charge in [0, 0.05) is 37.8 Å². The highest BCUT2D eigenvalue weighted by Gasteiger charge is 2.12. The summed E-state index contributed by atoms with van der Waals surface area (Å²) < 4.78 is 25.7. The minimum Gasteiger partial charge on any atom is -0.491 e. The van der Waals surface area contributed by atoms with Crippen LogP contribution in [0.3, 0.4) is 0 Å². The molecule has 0 saturated carbocycles. The van der Waals surface area contributed by atoms with E-state index in [1.165, 1.54) is 6.07 Å². The van der Waals surface area contributed by atoms with Crippen LogP contribution in [-0.4, -0.2) is 55.2 Å². The molecule has 0 spiro atoms. The van der Waals surface area contributed by atoms with Gasteiger partial charge in [-0.15, -0.1) is 0 Å². The number of morpholine rings is 1. The number of nitrogens with zero attached hydrogens (tertiary/aromatic N) is 2. The number of carbonyl (C=O) groups excluding carboxylic acids is 1. The topological polar surface area (TPSA) is 63.7 Å². The molecule has 1 saturated heterocycles. The summed E-state index contributed by atoms with van der Waals surface area (Å²) in [5, 5.41) is 2.91. The summed E-state index contributed by atoms with van der Waals surface area (Å²) in [6.07, 6.45) is 1.81. The lowest BCUT2D eigenvalue weighted by Crippen LogP contribution is -2.38. The smallest absolute Gasteiger partial charge is 0.224 e. The number of carbonyl (C=O) groups is 1. The number of benzene rings is 2. The van der Waals surface area contributed by atoms with Crippen LogP contribution in [0.15, 0.2) is 66.9 Å². The van der Waals surface area contributed by atoms with Gasteiger partial charge < -0.3 is 14.8 Å². The van der Waals surface area contributed by atoms with E-state index >= 15 is 0 Å². The Hall–Kier alpha value is -3.29. The van der Waals surface area contributed by atoms with E-state index in [4.69, 9.17) is 9.47 Å². The lowest BCUT2D eigenvalue weighted by Gasteiger charge is -2.26. The van der Waals surface area contributed by atoms with Crippen molar-refractivity contribution in [2.75, 3.05) is 39.5 Å². The Kier molecular flexibility index (Phi) is 8.00. The van der Waals surface area contributed by atoms with E-state index in [1.54, 1.807) is 18.3 Å². The van der Waals surface area contributed by atoms with E-state index in [1.807, 2.05) is 42.5 Å². The van der Waals surface area contributed by atoms with Gasteiger partial charge in [0.2, 0.25) is 5.91 Å². The van der Waals surface area contributed by atoms with Crippen LogP contribution in [0.2, 0.25) is 0 Å². The quantitative estimate of drug-likeness (QED) is 0.542. The zero-order chi connectivity index (χ0) is 22.9. The molecule has 2 aromatic carbocycles. The third kappa shape index (κ3) is 6.84. The average molecular weight is 450 g/mol. The van der Waals surface area contributed by atoms with Crippen molar-refractivity contribution >= 4 is 5.91 Å². The van der Waals surface area contributed by atoms with Crippen molar-refractivity contribution in [2.45, 2.75) is 13.0 Å². The molecule has 33 heavy (non-hydrogen) atoms. The molecule has 1 N–H and O–H groups in total. The summed E-state index contributed by atoms with van der Waals surface area (Å²) in [4.78, 5) is 18.7. The number of ether oxygens (including phenoxy) is 2. The first kappa shape index (κ1) is 22.9. The Bertz CT molecular complexity index is 1040. The fraction of sp³-hybridized carbons (Fsp3) is 0.308. The summed E-state index contributed by atoms with van der Waals surface area (Å²) in [7, 11) is 0. The summed E-state index contributed by atoms with van der Waals surface area (Å²) in [6, 6.07) is 18.3. The van der Waals surface area contributed by atoms with Gasteiger partial charge in [-0.2, -0.15) is 0 Å². The molecule has 0 radical (unpaired) electrons. The SMILES string of the molecule is O=C(Cc1ccc(-c2ncc(OCCN3CCOCC3)cc2F)cc1)NCc1ccccc1. The number of hydrogen-bond acceptors (Lipinski definition) is 5. The molecule has 0 unspecified atom stereocenters. The predicted octanol–water partition coefficient (Wildman–Crippen LogP) is 3.46. The Labute approximate surface area is 193 Å². The molecule has 0 bridgehead atoms. The van der Waals surface area contributed by atoms with Gasteiger partial charge in [-0.05, 0) is 11.1 Å². The molecule has 2 heterocycles. The maximum Gasteiger partial charge on any atom is 0.224 e. The van der Waals surface area contributed by atoms with Crippen molar-refractivity contribution in [2.24, 2.45) is 0 Å². The Morgan fingerprint density at radius 3 is 2.55 bits per heavy atom. The lowest BCUT2D eigenvalue weighted by atomic mass is 10.1. The van der Waals surface area contributed by atoms with Gasteiger partial charge in [0.15, 0.2) is 5.82 Å². The van der Waals surface area contributed by atoms with Gasteiger partial charge in [0.25, 0.3) is 0 Å². The number of halogens is 1. The Morgan fingerprint density at radius 1 is 1.06 bits per heavy atom. The normalized spacial score (nSPS) is 14.1. The van der Waals surface area contributed by atoms with E-state index in [0.29, 0.717) is 24.5 Å². The molecule has 1 amide bonds. The number of hydrogen-bond donors (Lipinski definition) is 1. The minimum absolute atomic E-state index is 0.0607. The molecule has 1 fully saturated rings. The monoisotopic (exact) mass is 449 g/mol. The third-order valence-corrected chi connectivity index (χ3v) is 5.52. The zero-order valence-electron chi connectivity index (χ0n) is 18.5. The summed E-state index contributed by atoms with van der Waals surface area (Å²) >= 11 is 0. The zero-order valence-corrected chi connectivity index (χ0v) is 18.5. The first-order valence-electron chi connectivity index (χ1n) is 11.2. The van der Waals surface area contributed by atoms with Gasteiger partial charge >= 0.3 is 0 Å². The minimum atomic E-state index is -0.438. The number of nitrogens with one attached hydrogen (secondary N) is 1. The largest absolute Gasteiger partial charge is 0.491 e. The Morgan fingerprint density at radius 2 is 1.82 bits per heavy atom. The second kappa shape index (κ2) is 11.5. The molecule has 1 aromatic heterocycles. The van der Waals surface area contributed by atoms with Crippen LogP contribution in [0.4, 0.5) is 4.39 Å². The number of rotatable bonds is 9. The van der Waals surface area contributed by atoms with Crippen molar-refractivity contribution < 1.29 is 18.7 Å². The van der Waals surface area contributed by atoms with Crippen molar-refractivity contribution in [1.29, 1.82) is 0 Å². The molecule has 172 valence electrons. The highest BCUT2D eigenvalue weighted by atomic mass is 19.1. The highest BCUT2D eigenvalue weighted by Crippen LogP contribution is 2.24. The fourth-order valence-corrected chi connectivity index (χ4v) is 3.65. The Balaban J connectivity index is 1.28. The van der Waals surface area contributed by atoms with E-state index in [9.17, 15) is 9.18 Å². The standard InChI is InChI=1S/C26H28FN3O3/c27-24-17-23(33-15-12-30-10-13-32-14-11-30)19-29-26(24)22-8-6-20(7-9-22)16-25(31)28-18-21-4-2-1-3-5-21/h1-9,17,19H,10-16,18H2,(H,28,31). The molecule has 0 atom stereocenters. The van der Waals surface area contributed by atoms with Crippen LogP contribution in [0.5, 0.6) is 5.75 Å². The van der Waals surface area contributed by atoms with Crippen LogP contribution < -0.4 is 10.1 Å². The van der Waals surface area contributed by atoms with Gasteiger partial charge in [-0.3, -0.25) is 9.69 Å². The lowest BCUT2D eigenvalue weighted by molar-refractivity contribution is -0.120. The van der Waals surface area contributed by atoms with Gasteiger partial charge in [-0.25, -0.2) is 9.37 Å². The van der Waals surface area contributed by atoms with E-state index in [2.05, 4.69) is 15.2 Å². The van der Waals surface area contributed by atoms with E-state index < -0.39 is 5.82 Å². The van der Waals surface area contributed by atoms with Crippen molar-refractivity contribution in [1.82, 2.24) is 15.2 Å². The average Bonchev–Trinajstić information content (AvgIpc) is 2.85. The highest BCUT2D eigenvalue weighted by molar-refractivity contribution is 5.78. The molecular weight excluding hydrogens is 421 g/mol. The van der Waals surface area contributed by atoms with Gasteiger partial charge in [0.1, 0.15) is 18.1 Å². The molecule has 4 rings (SSSR count). The van der Waals surface area contributed by atoms with E-state index in [0.717, 1.165) is 44.0 Å². The van der Waals surface area contributed by atoms with Crippen LogP contribution >= 0.6 is 0 Å². The first-order valence-corrected chi connectivity index (χ1v) is 11.2. The summed E-state index contributed by atoms with van der Waals surface area (Å²) in [5.74, 6) is -0.0852. The van der Waals surface area contributed by atoms with Crippen molar-refractivity contribution in [3.63, 3.8) is 0 Å². The number of pyridine rings is 1. The first-order chi connectivity index (χ1) is 16.2. The maximum absolute atomic E-state index is 14.7. The molecule has 0 aliphatic carbocycles. The van der Waals surface area contributed by atoms with Crippen LogP contribution in [0.25, 0.3) is 11.3 Å². The molecular formula is C26H28FN3O3. The van der Waals surface area contributed by atoms with E-state index in [-0.39, 0.29) is 18.0 Å². The van der Waals surface area contributed by atoms with Crippen LogP contribution in [-0.2, 0) is 22.5 Å². The van der Waals surface area contributed by atoms with Crippen LogP contribution in [0, 0.1) is 5.82 Å². The number of amides is 1. The summed E-state index contributed by atoms with van der Waals surface area (Å²) in [5.41, 5.74) is 2.82. The third-order valence-electron chi connectivity index (χ3n) is 5.52. The van der Waals surface area contributed by atoms with Gasteiger partial charge in [-0.1, -0.05) is 54.6 Å². The van der Waals surface area contributed by atoms with Gasteiger partial charge in [0.05, 0.1) is 25.8 Å². The maximum atomic E-state index is 14.7. The second-order valence-corrected chi connectivity index (χ2v) is 7.94. The summed E-state index contributed by atoms with van der Waals surface area (Å²) in [6.45, 7) is 4.99. The predicted molar refractivity (Wildman–Crippen MR) is 124 cm³/mol. The molecule has 1 aliphatic rings.